The summed E-state index contributed by atoms with van der Waals surface area (Å²) in [6, 6.07) is 0. The topological polar surface area (TPSA) is 17.8 Å². The maximum Gasteiger partial charge on any atom is 0.0632 e. The number of hydrogen-bond donors (Lipinski definition) is 0. The Morgan fingerprint density at radius 2 is 2.20 bits per heavy atom. The van der Waals surface area contributed by atoms with Crippen LogP contribution in [-0.4, -0.2) is 9.78 Å². The molecular formula is C12H19BrN2. The lowest BCUT2D eigenvalue weighted by atomic mass is 9.81. The molecule has 2 rings (SSSR count). The van der Waals surface area contributed by atoms with Crippen LogP contribution in [0.25, 0.3) is 0 Å². The van der Waals surface area contributed by atoms with Gasteiger partial charge in [0.2, 0.25) is 0 Å². The van der Waals surface area contributed by atoms with Crippen molar-refractivity contribution in [3.8, 4) is 0 Å². The molecule has 2 nitrogen and oxygen atoms in total. The number of rotatable bonds is 3. The monoisotopic (exact) mass is 270 g/mol. The van der Waals surface area contributed by atoms with E-state index >= 15 is 0 Å². The number of halogens is 1. The summed E-state index contributed by atoms with van der Waals surface area (Å²) in [5, 5.41) is 4.32. The Kier molecular flexibility index (Phi) is 3.84. The van der Waals surface area contributed by atoms with Crippen LogP contribution in [0, 0.1) is 11.8 Å². The molecule has 1 aliphatic carbocycles. The first-order valence-electron chi connectivity index (χ1n) is 5.93. The fourth-order valence-corrected chi connectivity index (χ4v) is 2.91. The van der Waals surface area contributed by atoms with Gasteiger partial charge in [-0.05, 0) is 27.8 Å². The summed E-state index contributed by atoms with van der Waals surface area (Å²) in [6.07, 6.45) is 11.1. The van der Waals surface area contributed by atoms with E-state index < -0.39 is 0 Å². The lowest BCUT2D eigenvalue weighted by Crippen LogP contribution is -2.20. The summed E-state index contributed by atoms with van der Waals surface area (Å²) in [5.41, 5.74) is 0. The highest BCUT2D eigenvalue weighted by molar-refractivity contribution is 9.10. The van der Waals surface area contributed by atoms with Gasteiger partial charge >= 0.3 is 0 Å². The molecular weight excluding hydrogens is 252 g/mol. The molecule has 0 aromatic carbocycles. The second-order valence-electron chi connectivity index (χ2n) is 4.76. The molecule has 1 atom stereocenters. The lowest BCUT2D eigenvalue weighted by Gasteiger charge is -2.27. The fourth-order valence-electron chi connectivity index (χ4n) is 2.59. The van der Waals surface area contributed by atoms with Gasteiger partial charge in [0.1, 0.15) is 0 Å². The van der Waals surface area contributed by atoms with Crippen molar-refractivity contribution in [2.45, 2.75) is 45.6 Å². The number of aromatic nitrogens is 2. The Morgan fingerprint density at radius 1 is 1.47 bits per heavy atom. The van der Waals surface area contributed by atoms with Crippen molar-refractivity contribution in [3.05, 3.63) is 16.9 Å². The quantitative estimate of drug-likeness (QED) is 0.816. The van der Waals surface area contributed by atoms with Crippen LogP contribution in [0.2, 0.25) is 0 Å². The Labute approximate surface area is 100 Å². The minimum Gasteiger partial charge on any atom is -0.271 e. The first-order valence-corrected chi connectivity index (χ1v) is 6.73. The molecule has 0 N–H and O–H groups in total. The molecule has 1 heterocycles. The Hall–Kier alpha value is -0.310. The van der Waals surface area contributed by atoms with Gasteiger partial charge in [0.25, 0.3) is 0 Å². The van der Waals surface area contributed by atoms with Gasteiger partial charge in [0, 0.05) is 12.7 Å². The Balaban J connectivity index is 1.88. The third-order valence-corrected chi connectivity index (χ3v) is 3.94. The zero-order valence-electron chi connectivity index (χ0n) is 9.32. The van der Waals surface area contributed by atoms with Crippen molar-refractivity contribution in [2.75, 3.05) is 0 Å². The van der Waals surface area contributed by atoms with Crippen molar-refractivity contribution in [3.63, 3.8) is 0 Å². The molecule has 0 bridgehead atoms. The number of nitrogens with zero attached hydrogens (tertiary/aromatic N) is 2. The highest BCUT2D eigenvalue weighted by Gasteiger charge is 2.20. The van der Waals surface area contributed by atoms with Crippen molar-refractivity contribution in [1.82, 2.24) is 9.78 Å². The van der Waals surface area contributed by atoms with E-state index in [1.165, 1.54) is 32.1 Å². The predicted molar refractivity (Wildman–Crippen MR) is 65.7 cm³/mol. The predicted octanol–water partition coefficient (Wildman–Crippen LogP) is 3.86. The van der Waals surface area contributed by atoms with Gasteiger partial charge in [-0.15, -0.1) is 0 Å². The van der Waals surface area contributed by atoms with Gasteiger partial charge < -0.3 is 0 Å². The minimum atomic E-state index is 0.761. The summed E-state index contributed by atoms with van der Waals surface area (Å²) in [6.45, 7) is 3.43. The van der Waals surface area contributed by atoms with E-state index in [-0.39, 0.29) is 0 Å². The molecule has 0 aliphatic heterocycles. The van der Waals surface area contributed by atoms with Crippen LogP contribution >= 0.6 is 15.9 Å². The molecule has 1 aromatic heterocycles. The van der Waals surface area contributed by atoms with Gasteiger partial charge in [-0.2, -0.15) is 5.10 Å². The maximum atomic E-state index is 4.32. The minimum absolute atomic E-state index is 0.761. The number of hydrogen-bond acceptors (Lipinski definition) is 1. The Morgan fingerprint density at radius 3 is 2.80 bits per heavy atom. The molecule has 1 fully saturated rings. The fraction of sp³-hybridized carbons (Fsp3) is 0.750. The Bertz CT molecular complexity index is 302. The van der Waals surface area contributed by atoms with Crippen LogP contribution in [0.1, 0.15) is 39.0 Å². The van der Waals surface area contributed by atoms with Crippen LogP contribution in [0.15, 0.2) is 16.9 Å². The van der Waals surface area contributed by atoms with Crippen LogP contribution in [-0.2, 0) is 6.54 Å². The zero-order valence-corrected chi connectivity index (χ0v) is 10.9. The van der Waals surface area contributed by atoms with E-state index in [0.29, 0.717) is 0 Å². The molecule has 1 aliphatic rings. The molecule has 1 unspecified atom stereocenters. The van der Waals surface area contributed by atoms with Crippen LogP contribution in [0.5, 0.6) is 0 Å². The van der Waals surface area contributed by atoms with Crippen LogP contribution in [0.4, 0.5) is 0 Å². The van der Waals surface area contributed by atoms with Gasteiger partial charge in [-0.3, -0.25) is 4.68 Å². The SMILES string of the molecule is CC(Cn1cc(Br)cn1)C1CCCCC1. The molecule has 0 amide bonds. The average molecular weight is 271 g/mol. The summed E-state index contributed by atoms with van der Waals surface area (Å²) in [4.78, 5) is 0. The van der Waals surface area contributed by atoms with Crippen molar-refractivity contribution < 1.29 is 0 Å². The third-order valence-electron chi connectivity index (χ3n) is 3.53. The van der Waals surface area contributed by atoms with Gasteiger partial charge in [0.15, 0.2) is 0 Å². The zero-order chi connectivity index (χ0) is 10.7. The highest BCUT2D eigenvalue weighted by Crippen LogP contribution is 2.30. The molecule has 1 aromatic rings. The van der Waals surface area contributed by atoms with E-state index in [0.717, 1.165) is 22.9 Å². The summed E-state index contributed by atoms with van der Waals surface area (Å²) in [5.74, 6) is 1.68. The van der Waals surface area contributed by atoms with E-state index in [2.05, 4.69) is 38.8 Å². The first kappa shape index (κ1) is 11.2. The summed E-state index contributed by atoms with van der Waals surface area (Å²) < 4.78 is 3.14. The third kappa shape index (κ3) is 3.07. The first-order chi connectivity index (χ1) is 7.25. The van der Waals surface area contributed by atoms with Gasteiger partial charge in [-0.25, -0.2) is 0 Å². The maximum absolute atomic E-state index is 4.32. The van der Waals surface area contributed by atoms with E-state index in [9.17, 15) is 0 Å². The lowest BCUT2D eigenvalue weighted by molar-refractivity contribution is 0.235. The normalized spacial score (nSPS) is 20.4. The van der Waals surface area contributed by atoms with Gasteiger partial charge in [0.05, 0.1) is 10.7 Å². The van der Waals surface area contributed by atoms with Crippen molar-refractivity contribution >= 4 is 15.9 Å². The largest absolute Gasteiger partial charge is 0.271 e. The van der Waals surface area contributed by atoms with Crippen LogP contribution < -0.4 is 0 Å². The molecule has 15 heavy (non-hydrogen) atoms. The molecule has 84 valence electrons. The molecule has 0 spiro atoms. The van der Waals surface area contributed by atoms with E-state index in [4.69, 9.17) is 0 Å². The van der Waals surface area contributed by atoms with E-state index in [1.807, 2.05) is 6.20 Å². The second kappa shape index (κ2) is 5.15. The second-order valence-corrected chi connectivity index (χ2v) is 5.67. The molecule has 3 heteroatoms. The smallest absolute Gasteiger partial charge is 0.0632 e. The van der Waals surface area contributed by atoms with E-state index in [1.54, 1.807) is 0 Å². The molecule has 0 saturated heterocycles. The average Bonchev–Trinajstić information content (AvgIpc) is 2.65. The highest BCUT2D eigenvalue weighted by atomic mass is 79.9. The summed E-state index contributed by atoms with van der Waals surface area (Å²) >= 11 is 3.43. The van der Waals surface area contributed by atoms with Crippen LogP contribution in [0.3, 0.4) is 0 Å². The van der Waals surface area contributed by atoms with Crippen molar-refractivity contribution in [1.29, 1.82) is 0 Å². The standard InChI is InChI=1S/C12H19BrN2/c1-10(11-5-3-2-4-6-11)8-15-9-12(13)7-14-15/h7,9-11H,2-6,8H2,1H3. The van der Waals surface area contributed by atoms with Gasteiger partial charge in [-0.1, -0.05) is 39.0 Å². The molecule has 1 saturated carbocycles. The van der Waals surface area contributed by atoms with Crippen molar-refractivity contribution in [2.24, 2.45) is 11.8 Å². The summed E-state index contributed by atoms with van der Waals surface area (Å²) in [7, 11) is 0. The molecule has 0 radical (unpaired) electrons.